The van der Waals surface area contributed by atoms with E-state index in [2.05, 4.69) is 0 Å². The van der Waals surface area contributed by atoms with Crippen LogP contribution >= 0.6 is 11.6 Å². The summed E-state index contributed by atoms with van der Waals surface area (Å²) in [5.41, 5.74) is 1.97. The molecule has 0 spiro atoms. The number of fused-ring (bicyclic) bond motifs is 1. The number of carbonyl (C=O) groups excluding carboxylic acids is 4. The Kier molecular flexibility index (Phi) is 6.30. The Bertz CT molecular complexity index is 1300. The van der Waals surface area contributed by atoms with Crippen molar-refractivity contribution in [2.24, 2.45) is 17.8 Å². The van der Waals surface area contributed by atoms with Crippen molar-refractivity contribution < 1.29 is 28.7 Å². The molecule has 0 saturated carbocycles. The number of amides is 3. The number of benzene rings is 2. The molecule has 1 aliphatic carbocycles. The zero-order valence-corrected chi connectivity index (χ0v) is 20.7. The summed E-state index contributed by atoms with van der Waals surface area (Å²) in [6, 6.07) is 11.3. The minimum absolute atomic E-state index is 0.0208. The number of methoxy groups -OCH3 is 1. The van der Waals surface area contributed by atoms with Gasteiger partial charge in [0.1, 0.15) is 11.5 Å². The van der Waals surface area contributed by atoms with Gasteiger partial charge in [-0.3, -0.25) is 19.2 Å². The molecular formula is C27H25ClN2O6. The number of hydrogen-bond donors (Lipinski definition) is 0. The second-order valence-electron chi connectivity index (χ2n) is 9.36. The summed E-state index contributed by atoms with van der Waals surface area (Å²) < 4.78 is 10.9. The maximum Gasteiger partial charge on any atom is 0.316 e. The number of carbonyl (C=O) groups is 4. The van der Waals surface area contributed by atoms with E-state index in [4.69, 9.17) is 21.1 Å². The Morgan fingerprint density at radius 3 is 2.58 bits per heavy atom. The molecule has 8 nitrogen and oxygen atoms in total. The van der Waals surface area contributed by atoms with Crippen molar-refractivity contribution in [2.75, 3.05) is 23.5 Å². The van der Waals surface area contributed by atoms with Crippen LogP contribution in [0.2, 0.25) is 5.02 Å². The number of ether oxygens (including phenoxy) is 2. The molecular weight excluding hydrogens is 484 g/mol. The normalized spacial score (nSPS) is 23.6. The van der Waals surface area contributed by atoms with Gasteiger partial charge in [-0.2, -0.15) is 0 Å². The van der Waals surface area contributed by atoms with Gasteiger partial charge in [0, 0.05) is 24.1 Å². The molecule has 2 heterocycles. The molecule has 0 unspecified atom stereocenters. The largest absolute Gasteiger partial charge is 0.495 e. The van der Waals surface area contributed by atoms with E-state index in [-0.39, 0.29) is 48.3 Å². The summed E-state index contributed by atoms with van der Waals surface area (Å²) in [5.74, 6) is -2.01. The van der Waals surface area contributed by atoms with E-state index in [0.717, 1.165) is 5.57 Å². The number of nitrogens with zero attached hydrogens (tertiary/aromatic N) is 2. The van der Waals surface area contributed by atoms with Gasteiger partial charge in [0.05, 0.1) is 36.2 Å². The first-order chi connectivity index (χ1) is 17.3. The molecule has 3 aliphatic rings. The average molecular weight is 509 g/mol. The van der Waals surface area contributed by atoms with E-state index in [1.54, 1.807) is 36.4 Å². The van der Waals surface area contributed by atoms with Crippen LogP contribution in [-0.4, -0.2) is 37.3 Å². The zero-order chi connectivity index (χ0) is 25.6. The van der Waals surface area contributed by atoms with Crippen LogP contribution in [0, 0.1) is 17.8 Å². The van der Waals surface area contributed by atoms with Crippen molar-refractivity contribution in [1.82, 2.24) is 0 Å². The zero-order valence-electron chi connectivity index (χ0n) is 19.9. The van der Waals surface area contributed by atoms with Crippen molar-refractivity contribution in [1.29, 1.82) is 0 Å². The predicted octanol–water partition coefficient (Wildman–Crippen LogP) is 4.15. The SMILES string of the molecule is COc1ccc(Cl)cc1N1C[C@H](C(=O)Oc2cccc(N3C(=O)[C@H]4CC(C)=CC[C@H]4C3=O)c2)CC1=O. The summed E-state index contributed by atoms with van der Waals surface area (Å²) in [7, 11) is 1.49. The van der Waals surface area contributed by atoms with Crippen LogP contribution in [0.3, 0.4) is 0 Å². The fourth-order valence-electron chi connectivity index (χ4n) is 5.15. The summed E-state index contributed by atoms with van der Waals surface area (Å²) in [4.78, 5) is 54.3. The molecule has 3 atom stereocenters. The van der Waals surface area contributed by atoms with Crippen LogP contribution in [0.4, 0.5) is 11.4 Å². The van der Waals surface area contributed by atoms with Crippen LogP contribution < -0.4 is 19.3 Å². The van der Waals surface area contributed by atoms with Gasteiger partial charge in [-0.05, 0) is 50.1 Å². The second-order valence-corrected chi connectivity index (χ2v) is 9.79. The van der Waals surface area contributed by atoms with Gasteiger partial charge in [0.25, 0.3) is 0 Å². The van der Waals surface area contributed by atoms with Crippen LogP contribution in [-0.2, 0) is 19.2 Å². The van der Waals surface area contributed by atoms with E-state index in [9.17, 15) is 19.2 Å². The quantitative estimate of drug-likeness (QED) is 0.261. The summed E-state index contributed by atoms with van der Waals surface area (Å²) in [6.07, 6.45) is 3.12. The minimum atomic E-state index is -0.697. The second kappa shape index (κ2) is 9.43. The molecule has 3 amide bonds. The highest BCUT2D eigenvalue weighted by molar-refractivity contribution is 6.31. The van der Waals surface area contributed by atoms with Crippen molar-refractivity contribution in [3.63, 3.8) is 0 Å². The molecule has 2 aliphatic heterocycles. The Labute approximate surface area is 213 Å². The fraction of sp³-hybridized carbons (Fsp3) is 0.333. The number of rotatable bonds is 5. The third-order valence-corrected chi connectivity index (χ3v) is 7.24. The molecule has 36 heavy (non-hydrogen) atoms. The highest BCUT2D eigenvalue weighted by Crippen LogP contribution is 2.40. The fourth-order valence-corrected chi connectivity index (χ4v) is 5.32. The smallest absolute Gasteiger partial charge is 0.316 e. The molecule has 0 aromatic heterocycles. The van der Waals surface area contributed by atoms with Crippen LogP contribution in [0.15, 0.2) is 54.1 Å². The molecule has 0 radical (unpaired) electrons. The Balaban J connectivity index is 1.30. The predicted molar refractivity (Wildman–Crippen MR) is 133 cm³/mol. The number of halogens is 1. The number of esters is 1. The van der Waals surface area contributed by atoms with E-state index >= 15 is 0 Å². The minimum Gasteiger partial charge on any atom is -0.495 e. The van der Waals surface area contributed by atoms with Crippen molar-refractivity contribution in [2.45, 2.75) is 26.2 Å². The van der Waals surface area contributed by atoms with E-state index in [1.165, 1.54) is 23.0 Å². The van der Waals surface area contributed by atoms with Crippen molar-refractivity contribution in [3.05, 3.63) is 59.1 Å². The Hall–Kier alpha value is -3.65. The number of hydrogen-bond acceptors (Lipinski definition) is 6. The van der Waals surface area contributed by atoms with Gasteiger partial charge in [-0.25, -0.2) is 4.90 Å². The average Bonchev–Trinajstić information content (AvgIpc) is 3.36. The molecule has 2 saturated heterocycles. The van der Waals surface area contributed by atoms with Gasteiger partial charge in [-0.1, -0.05) is 29.3 Å². The van der Waals surface area contributed by atoms with Gasteiger partial charge < -0.3 is 14.4 Å². The van der Waals surface area contributed by atoms with E-state index in [1.807, 2.05) is 13.0 Å². The number of allylic oxidation sites excluding steroid dienone is 2. The molecule has 2 aromatic rings. The van der Waals surface area contributed by atoms with Gasteiger partial charge in [0.15, 0.2) is 0 Å². The van der Waals surface area contributed by atoms with Gasteiger partial charge >= 0.3 is 5.97 Å². The molecule has 9 heteroatoms. The molecule has 5 rings (SSSR count). The monoisotopic (exact) mass is 508 g/mol. The van der Waals surface area contributed by atoms with Crippen LogP contribution in [0.25, 0.3) is 0 Å². The third-order valence-electron chi connectivity index (χ3n) is 7.01. The van der Waals surface area contributed by atoms with Crippen LogP contribution in [0.5, 0.6) is 11.5 Å². The van der Waals surface area contributed by atoms with E-state index in [0.29, 0.717) is 35.0 Å². The van der Waals surface area contributed by atoms with Crippen molar-refractivity contribution >= 4 is 46.7 Å². The standard InChI is InChI=1S/C27H25ClN2O6/c1-15-6-8-20-21(10-15)26(33)30(25(20)32)18-4-3-5-19(13-18)36-27(34)16-11-24(31)29(14-16)22-12-17(28)7-9-23(22)35-2/h3-7,9,12-13,16,20-21H,8,10-11,14H2,1-2H3/t16-,20-,21+/m1/s1. The van der Waals surface area contributed by atoms with Gasteiger partial charge in [0.2, 0.25) is 17.7 Å². The first kappa shape index (κ1) is 24.1. The molecule has 0 N–H and O–H groups in total. The Morgan fingerprint density at radius 1 is 1.03 bits per heavy atom. The topological polar surface area (TPSA) is 93.2 Å². The molecule has 0 bridgehead atoms. The van der Waals surface area contributed by atoms with Crippen molar-refractivity contribution in [3.8, 4) is 11.5 Å². The number of anilines is 2. The number of imide groups is 1. The third kappa shape index (κ3) is 4.26. The molecule has 2 fully saturated rings. The summed E-state index contributed by atoms with van der Waals surface area (Å²) in [5, 5.41) is 0.443. The summed E-state index contributed by atoms with van der Waals surface area (Å²) in [6.45, 7) is 2.08. The van der Waals surface area contributed by atoms with Gasteiger partial charge in [-0.15, -0.1) is 0 Å². The Morgan fingerprint density at radius 2 is 1.81 bits per heavy atom. The lowest BCUT2D eigenvalue weighted by molar-refractivity contribution is -0.139. The maximum atomic E-state index is 13.0. The van der Waals surface area contributed by atoms with E-state index < -0.39 is 11.9 Å². The first-order valence-electron chi connectivity index (χ1n) is 11.8. The van der Waals surface area contributed by atoms with Crippen LogP contribution in [0.1, 0.15) is 26.2 Å². The lowest BCUT2D eigenvalue weighted by atomic mass is 9.82. The lowest BCUT2D eigenvalue weighted by Crippen LogP contribution is -2.31. The molecule has 2 aromatic carbocycles. The first-order valence-corrected chi connectivity index (χ1v) is 12.1. The highest BCUT2D eigenvalue weighted by atomic mass is 35.5. The lowest BCUT2D eigenvalue weighted by Gasteiger charge is -2.20. The molecule has 186 valence electrons. The maximum absolute atomic E-state index is 13.0. The summed E-state index contributed by atoms with van der Waals surface area (Å²) >= 11 is 6.10. The highest BCUT2D eigenvalue weighted by Gasteiger charge is 2.48.